The predicted molar refractivity (Wildman–Crippen MR) is 80.1 cm³/mol. The van der Waals surface area contributed by atoms with Crippen LogP contribution in [-0.4, -0.2) is 21.9 Å². The summed E-state index contributed by atoms with van der Waals surface area (Å²) >= 11 is 0. The number of carbonyl (C=O) groups excluding carboxylic acids is 1. The second kappa shape index (κ2) is 6.34. The number of aromatic nitrogens is 2. The van der Waals surface area contributed by atoms with E-state index in [1.807, 2.05) is 38.1 Å². The van der Waals surface area contributed by atoms with Crippen LogP contribution in [0.2, 0.25) is 0 Å². The first-order valence-corrected chi connectivity index (χ1v) is 6.71. The molecule has 0 aliphatic heterocycles. The lowest BCUT2D eigenvalue weighted by atomic mass is 10.0. The van der Waals surface area contributed by atoms with Crippen molar-refractivity contribution in [2.24, 2.45) is 11.7 Å². The second-order valence-corrected chi connectivity index (χ2v) is 5.27. The monoisotopic (exact) mass is 272 g/mol. The Balaban J connectivity index is 2.07. The van der Waals surface area contributed by atoms with Crippen molar-refractivity contribution in [2.75, 3.05) is 5.32 Å². The van der Waals surface area contributed by atoms with E-state index in [4.69, 9.17) is 5.73 Å². The number of imidazole rings is 1. The lowest BCUT2D eigenvalue weighted by Gasteiger charge is -2.14. The Kier molecular flexibility index (Phi) is 4.53. The first-order chi connectivity index (χ1) is 9.56. The maximum atomic E-state index is 12.0. The molecule has 0 spiro atoms. The molecule has 0 aliphatic rings. The SMILES string of the molecule is CC(C)C[C@H](N)C(=O)Nc1cccc(-c2cnc[nH]2)c1. The Morgan fingerprint density at radius 2 is 2.25 bits per heavy atom. The number of hydrogen-bond donors (Lipinski definition) is 3. The van der Waals surface area contributed by atoms with E-state index >= 15 is 0 Å². The predicted octanol–water partition coefficient (Wildman–Crippen LogP) is 2.39. The van der Waals surface area contributed by atoms with E-state index in [1.165, 1.54) is 0 Å². The van der Waals surface area contributed by atoms with Gasteiger partial charge in [0.1, 0.15) is 0 Å². The van der Waals surface area contributed by atoms with Gasteiger partial charge in [-0.1, -0.05) is 26.0 Å². The van der Waals surface area contributed by atoms with Gasteiger partial charge in [-0.3, -0.25) is 4.79 Å². The van der Waals surface area contributed by atoms with Gasteiger partial charge in [-0.25, -0.2) is 4.98 Å². The first kappa shape index (κ1) is 14.3. The van der Waals surface area contributed by atoms with E-state index in [0.29, 0.717) is 12.3 Å². The van der Waals surface area contributed by atoms with E-state index in [9.17, 15) is 4.79 Å². The Morgan fingerprint density at radius 3 is 2.90 bits per heavy atom. The van der Waals surface area contributed by atoms with Gasteiger partial charge in [0.15, 0.2) is 0 Å². The number of aromatic amines is 1. The molecule has 0 radical (unpaired) electrons. The zero-order valence-corrected chi connectivity index (χ0v) is 11.8. The van der Waals surface area contributed by atoms with Crippen LogP contribution in [0.3, 0.4) is 0 Å². The van der Waals surface area contributed by atoms with Gasteiger partial charge in [0.25, 0.3) is 0 Å². The molecule has 0 saturated heterocycles. The zero-order chi connectivity index (χ0) is 14.5. The van der Waals surface area contributed by atoms with Gasteiger partial charge < -0.3 is 16.0 Å². The highest BCUT2D eigenvalue weighted by molar-refractivity contribution is 5.95. The lowest BCUT2D eigenvalue weighted by Crippen LogP contribution is -2.36. The lowest BCUT2D eigenvalue weighted by molar-refractivity contribution is -0.117. The maximum absolute atomic E-state index is 12.0. The minimum absolute atomic E-state index is 0.152. The average Bonchev–Trinajstić information content (AvgIpc) is 2.92. The summed E-state index contributed by atoms with van der Waals surface area (Å²) < 4.78 is 0. The molecule has 0 bridgehead atoms. The molecule has 4 N–H and O–H groups in total. The molecule has 0 fully saturated rings. The number of amides is 1. The third-order valence-corrected chi connectivity index (χ3v) is 3.00. The zero-order valence-electron chi connectivity index (χ0n) is 11.8. The van der Waals surface area contributed by atoms with Crippen LogP contribution in [0.25, 0.3) is 11.3 Å². The van der Waals surface area contributed by atoms with Crippen LogP contribution < -0.4 is 11.1 Å². The van der Waals surface area contributed by atoms with E-state index in [0.717, 1.165) is 16.9 Å². The summed E-state index contributed by atoms with van der Waals surface area (Å²) in [5.74, 6) is 0.243. The molecule has 106 valence electrons. The number of nitrogens with one attached hydrogen (secondary N) is 2. The molecule has 1 aromatic heterocycles. The number of benzene rings is 1. The van der Waals surface area contributed by atoms with Crippen molar-refractivity contribution in [3.63, 3.8) is 0 Å². The van der Waals surface area contributed by atoms with Gasteiger partial charge in [0.05, 0.1) is 24.3 Å². The fraction of sp³-hybridized carbons (Fsp3) is 0.333. The van der Waals surface area contributed by atoms with E-state index < -0.39 is 6.04 Å². The van der Waals surface area contributed by atoms with Crippen LogP contribution in [0.5, 0.6) is 0 Å². The standard InChI is InChI=1S/C15H20N4O/c1-10(2)6-13(16)15(20)19-12-5-3-4-11(7-12)14-8-17-9-18-14/h3-5,7-10,13H,6,16H2,1-2H3,(H,17,18)(H,19,20)/t13-/m0/s1. The number of anilines is 1. The Bertz CT molecular complexity index is 563. The molecule has 1 atom stereocenters. The molecule has 0 unspecified atom stereocenters. The Morgan fingerprint density at radius 1 is 1.45 bits per heavy atom. The molecular formula is C15H20N4O. The highest BCUT2D eigenvalue weighted by atomic mass is 16.2. The summed E-state index contributed by atoms with van der Waals surface area (Å²) in [5, 5.41) is 2.85. The van der Waals surface area contributed by atoms with Gasteiger partial charge in [-0.05, 0) is 24.5 Å². The summed E-state index contributed by atoms with van der Waals surface area (Å²) in [6.07, 6.45) is 4.04. The largest absolute Gasteiger partial charge is 0.345 e. The first-order valence-electron chi connectivity index (χ1n) is 6.71. The highest BCUT2D eigenvalue weighted by Crippen LogP contribution is 2.20. The molecule has 0 aliphatic carbocycles. The number of nitrogens with zero attached hydrogens (tertiary/aromatic N) is 1. The van der Waals surface area contributed by atoms with Crippen molar-refractivity contribution in [3.8, 4) is 11.3 Å². The molecule has 5 heteroatoms. The van der Waals surface area contributed by atoms with E-state index in [2.05, 4.69) is 15.3 Å². The Labute approximate surface area is 118 Å². The van der Waals surface area contributed by atoms with Gasteiger partial charge in [0, 0.05) is 11.3 Å². The van der Waals surface area contributed by atoms with Crippen LogP contribution in [0.1, 0.15) is 20.3 Å². The van der Waals surface area contributed by atoms with E-state index in [1.54, 1.807) is 12.5 Å². The van der Waals surface area contributed by atoms with Crippen LogP contribution in [0.15, 0.2) is 36.8 Å². The van der Waals surface area contributed by atoms with Gasteiger partial charge in [-0.2, -0.15) is 0 Å². The quantitative estimate of drug-likeness (QED) is 0.781. The van der Waals surface area contributed by atoms with Crippen LogP contribution in [0, 0.1) is 5.92 Å². The normalized spacial score (nSPS) is 12.4. The third kappa shape index (κ3) is 3.68. The topological polar surface area (TPSA) is 83.8 Å². The third-order valence-electron chi connectivity index (χ3n) is 3.00. The molecular weight excluding hydrogens is 252 g/mol. The molecule has 1 amide bonds. The Hall–Kier alpha value is -2.14. The van der Waals surface area contributed by atoms with Crippen molar-refractivity contribution in [3.05, 3.63) is 36.8 Å². The number of nitrogens with two attached hydrogens (primary N) is 1. The summed E-state index contributed by atoms with van der Waals surface area (Å²) in [4.78, 5) is 19.0. The molecule has 20 heavy (non-hydrogen) atoms. The maximum Gasteiger partial charge on any atom is 0.241 e. The van der Waals surface area contributed by atoms with Crippen LogP contribution >= 0.6 is 0 Å². The molecule has 0 saturated carbocycles. The number of rotatable bonds is 5. The van der Waals surface area contributed by atoms with Gasteiger partial charge in [-0.15, -0.1) is 0 Å². The minimum Gasteiger partial charge on any atom is -0.345 e. The van der Waals surface area contributed by atoms with Crippen LogP contribution in [0.4, 0.5) is 5.69 Å². The van der Waals surface area contributed by atoms with Gasteiger partial charge in [0.2, 0.25) is 5.91 Å². The van der Waals surface area contributed by atoms with Crippen LogP contribution in [-0.2, 0) is 4.79 Å². The smallest absolute Gasteiger partial charge is 0.241 e. The number of carbonyl (C=O) groups is 1. The summed E-state index contributed by atoms with van der Waals surface area (Å²) in [6.45, 7) is 4.10. The average molecular weight is 272 g/mol. The summed E-state index contributed by atoms with van der Waals surface area (Å²) in [7, 11) is 0. The molecule has 2 rings (SSSR count). The fourth-order valence-electron chi connectivity index (χ4n) is 2.03. The van der Waals surface area contributed by atoms with Crippen molar-refractivity contribution in [1.82, 2.24) is 9.97 Å². The number of hydrogen-bond acceptors (Lipinski definition) is 3. The molecule has 5 nitrogen and oxygen atoms in total. The van der Waals surface area contributed by atoms with Crippen molar-refractivity contribution >= 4 is 11.6 Å². The van der Waals surface area contributed by atoms with Crippen molar-refractivity contribution in [1.29, 1.82) is 0 Å². The molecule has 1 aromatic carbocycles. The van der Waals surface area contributed by atoms with Crippen molar-refractivity contribution < 1.29 is 4.79 Å². The highest BCUT2D eigenvalue weighted by Gasteiger charge is 2.15. The fourth-order valence-corrected chi connectivity index (χ4v) is 2.03. The minimum atomic E-state index is -0.481. The number of H-pyrrole nitrogens is 1. The molecule has 2 aromatic rings. The summed E-state index contributed by atoms with van der Waals surface area (Å²) in [6, 6.07) is 7.11. The molecule has 1 heterocycles. The van der Waals surface area contributed by atoms with E-state index in [-0.39, 0.29) is 5.91 Å². The second-order valence-electron chi connectivity index (χ2n) is 5.27. The van der Waals surface area contributed by atoms with Crippen molar-refractivity contribution in [2.45, 2.75) is 26.3 Å². The summed E-state index contributed by atoms with van der Waals surface area (Å²) in [5.41, 5.74) is 8.49. The van der Waals surface area contributed by atoms with Gasteiger partial charge >= 0.3 is 0 Å².